The largest absolute Gasteiger partial charge is 0.387 e. The van der Waals surface area contributed by atoms with E-state index in [0.29, 0.717) is 0 Å². The fraction of sp³-hybridized carbons (Fsp3) is 0.400. The number of aliphatic hydroxyl groups excluding tert-OH is 1. The maximum Gasteiger partial charge on any atom is 0.0912 e. The van der Waals surface area contributed by atoms with Crippen molar-refractivity contribution in [3.63, 3.8) is 0 Å². The molecule has 1 rings (SSSR count). The lowest BCUT2D eigenvalue weighted by Crippen LogP contribution is -2.11. The molecule has 0 aromatic heterocycles. The third-order valence-corrected chi connectivity index (χ3v) is 3.32. The zero-order valence-electron chi connectivity index (χ0n) is 7.84. The summed E-state index contributed by atoms with van der Waals surface area (Å²) in [5, 5.41) is 9.53. The number of rotatable bonds is 2. The van der Waals surface area contributed by atoms with Gasteiger partial charge in [-0.1, -0.05) is 28.1 Å². The van der Waals surface area contributed by atoms with Crippen molar-refractivity contribution in [3.05, 3.63) is 33.3 Å². The quantitative estimate of drug-likeness (QED) is 0.836. The van der Waals surface area contributed by atoms with Crippen molar-refractivity contribution in [2.75, 3.05) is 6.54 Å². The van der Waals surface area contributed by atoms with Crippen LogP contribution >= 0.6 is 15.9 Å². The Kier molecular flexibility index (Phi) is 3.47. The van der Waals surface area contributed by atoms with Gasteiger partial charge in [-0.2, -0.15) is 0 Å². The normalized spacial score (nSPS) is 13.0. The van der Waals surface area contributed by atoms with Crippen molar-refractivity contribution < 1.29 is 5.11 Å². The first-order valence-corrected chi connectivity index (χ1v) is 5.00. The van der Waals surface area contributed by atoms with Crippen LogP contribution in [0.15, 0.2) is 16.6 Å². The summed E-state index contributed by atoms with van der Waals surface area (Å²) in [5.74, 6) is 0. The molecule has 1 aromatic rings. The van der Waals surface area contributed by atoms with Crippen molar-refractivity contribution in [3.8, 4) is 0 Å². The van der Waals surface area contributed by atoms with Gasteiger partial charge >= 0.3 is 0 Å². The predicted molar refractivity (Wildman–Crippen MR) is 57.6 cm³/mol. The second-order valence-corrected chi connectivity index (χ2v) is 4.01. The lowest BCUT2D eigenvalue weighted by Gasteiger charge is -2.11. The number of halogens is 1. The topological polar surface area (TPSA) is 46.2 Å². The molecule has 2 nitrogen and oxygen atoms in total. The molecular weight excluding hydrogens is 230 g/mol. The zero-order chi connectivity index (χ0) is 10.0. The number of hydrogen-bond acceptors (Lipinski definition) is 2. The van der Waals surface area contributed by atoms with Gasteiger partial charge in [-0.05, 0) is 30.5 Å². The Morgan fingerprint density at radius 3 is 2.23 bits per heavy atom. The minimum atomic E-state index is -0.550. The second kappa shape index (κ2) is 4.22. The van der Waals surface area contributed by atoms with Crippen LogP contribution in [0.25, 0.3) is 0 Å². The van der Waals surface area contributed by atoms with Gasteiger partial charge in [0.15, 0.2) is 0 Å². The third-order valence-electron chi connectivity index (χ3n) is 2.07. The molecule has 72 valence electrons. The van der Waals surface area contributed by atoms with Gasteiger partial charge < -0.3 is 10.8 Å². The number of benzene rings is 1. The standard InChI is InChI=1S/C10H14BrNO/c1-6-3-8(9(13)5-12)4-7(2)10(6)11/h3-4,9,13H,5,12H2,1-2H3/t9-/m1/s1. The number of nitrogens with two attached hydrogens (primary N) is 1. The molecule has 3 N–H and O–H groups in total. The van der Waals surface area contributed by atoms with Gasteiger partial charge in [0, 0.05) is 11.0 Å². The Balaban J connectivity index is 3.13. The van der Waals surface area contributed by atoms with E-state index in [1.165, 1.54) is 0 Å². The number of aryl methyl sites for hydroxylation is 2. The van der Waals surface area contributed by atoms with Gasteiger partial charge in [-0.25, -0.2) is 0 Å². The fourth-order valence-corrected chi connectivity index (χ4v) is 1.54. The summed E-state index contributed by atoms with van der Waals surface area (Å²) in [6.45, 7) is 4.27. The molecule has 1 aromatic carbocycles. The summed E-state index contributed by atoms with van der Waals surface area (Å²) in [6, 6.07) is 3.91. The second-order valence-electron chi connectivity index (χ2n) is 3.22. The third kappa shape index (κ3) is 2.30. The summed E-state index contributed by atoms with van der Waals surface area (Å²) in [4.78, 5) is 0. The molecule has 0 fully saturated rings. The Morgan fingerprint density at radius 2 is 1.85 bits per heavy atom. The maximum atomic E-state index is 9.53. The summed E-state index contributed by atoms with van der Waals surface area (Å²) in [6.07, 6.45) is -0.550. The van der Waals surface area contributed by atoms with Gasteiger partial charge in [0.25, 0.3) is 0 Å². The Bertz CT molecular complexity index is 289. The fourth-order valence-electron chi connectivity index (χ4n) is 1.31. The molecule has 0 aliphatic heterocycles. The highest BCUT2D eigenvalue weighted by atomic mass is 79.9. The van der Waals surface area contributed by atoms with Gasteiger partial charge in [0.2, 0.25) is 0 Å². The van der Waals surface area contributed by atoms with Gasteiger partial charge in [-0.3, -0.25) is 0 Å². The molecular formula is C10H14BrNO. The van der Waals surface area contributed by atoms with E-state index < -0.39 is 6.10 Å². The molecule has 1 atom stereocenters. The average molecular weight is 244 g/mol. The molecule has 0 heterocycles. The van der Waals surface area contributed by atoms with Crippen LogP contribution in [0.3, 0.4) is 0 Å². The van der Waals surface area contributed by atoms with Crippen LogP contribution in [0, 0.1) is 13.8 Å². The average Bonchev–Trinajstić information content (AvgIpc) is 2.12. The Morgan fingerprint density at radius 1 is 1.38 bits per heavy atom. The van der Waals surface area contributed by atoms with Crippen molar-refractivity contribution in [2.45, 2.75) is 20.0 Å². The van der Waals surface area contributed by atoms with Crippen LogP contribution in [0.5, 0.6) is 0 Å². The van der Waals surface area contributed by atoms with E-state index in [1.807, 2.05) is 26.0 Å². The summed E-state index contributed by atoms with van der Waals surface area (Å²) in [5.41, 5.74) is 8.52. The van der Waals surface area contributed by atoms with Crippen LogP contribution in [0.4, 0.5) is 0 Å². The van der Waals surface area contributed by atoms with Crippen molar-refractivity contribution in [1.82, 2.24) is 0 Å². The minimum absolute atomic E-state index is 0.264. The van der Waals surface area contributed by atoms with Crippen LogP contribution in [-0.2, 0) is 0 Å². The van der Waals surface area contributed by atoms with Crippen LogP contribution in [-0.4, -0.2) is 11.7 Å². The number of hydrogen-bond donors (Lipinski definition) is 2. The molecule has 0 aliphatic carbocycles. The SMILES string of the molecule is Cc1cc([C@H](O)CN)cc(C)c1Br. The van der Waals surface area contributed by atoms with E-state index in [1.54, 1.807) is 0 Å². The summed E-state index contributed by atoms with van der Waals surface area (Å²) >= 11 is 3.47. The monoisotopic (exact) mass is 243 g/mol. The van der Waals surface area contributed by atoms with E-state index in [4.69, 9.17) is 5.73 Å². The minimum Gasteiger partial charge on any atom is -0.387 e. The first-order valence-electron chi connectivity index (χ1n) is 4.21. The first-order chi connectivity index (χ1) is 6.06. The highest BCUT2D eigenvalue weighted by Crippen LogP contribution is 2.25. The van der Waals surface area contributed by atoms with E-state index in [0.717, 1.165) is 21.2 Å². The van der Waals surface area contributed by atoms with E-state index in [9.17, 15) is 5.11 Å². The first kappa shape index (κ1) is 10.7. The lowest BCUT2D eigenvalue weighted by molar-refractivity contribution is 0.186. The van der Waals surface area contributed by atoms with Crippen molar-refractivity contribution >= 4 is 15.9 Å². The molecule has 0 aliphatic rings. The summed E-state index contributed by atoms with van der Waals surface area (Å²) in [7, 11) is 0. The molecule has 0 amide bonds. The highest BCUT2D eigenvalue weighted by molar-refractivity contribution is 9.10. The molecule has 0 saturated heterocycles. The highest BCUT2D eigenvalue weighted by Gasteiger charge is 2.08. The van der Waals surface area contributed by atoms with Gasteiger partial charge in [0.1, 0.15) is 0 Å². The molecule has 0 saturated carbocycles. The van der Waals surface area contributed by atoms with Crippen molar-refractivity contribution in [2.24, 2.45) is 5.73 Å². The predicted octanol–water partition coefficient (Wildman–Crippen LogP) is 2.06. The van der Waals surface area contributed by atoms with E-state index >= 15 is 0 Å². The molecule has 0 spiro atoms. The molecule has 3 heteroatoms. The molecule has 0 unspecified atom stereocenters. The molecule has 0 radical (unpaired) electrons. The zero-order valence-corrected chi connectivity index (χ0v) is 9.43. The van der Waals surface area contributed by atoms with Crippen LogP contribution < -0.4 is 5.73 Å². The van der Waals surface area contributed by atoms with Gasteiger partial charge in [-0.15, -0.1) is 0 Å². The lowest BCUT2D eigenvalue weighted by atomic mass is 10.0. The molecule has 0 bridgehead atoms. The number of aliphatic hydroxyl groups is 1. The van der Waals surface area contributed by atoms with Crippen LogP contribution in [0.2, 0.25) is 0 Å². The Hall–Kier alpha value is -0.380. The molecule has 13 heavy (non-hydrogen) atoms. The van der Waals surface area contributed by atoms with E-state index in [2.05, 4.69) is 15.9 Å². The van der Waals surface area contributed by atoms with Crippen LogP contribution in [0.1, 0.15) is 22.8 Å². The van der Waals surface area contributed by atoms with E-state index in [-0.39, 0.29) is 6.54 Å². The van der Waals surface area contributed by atoms with Gasteiger partial charge in [0.05, 0.1) is 6.10 Å². The maximum absolute atomic E-state index is 9.53. The Labute approximate surface area is 86.9 Å². The smallest absolute Gasteiger partial charge is 0.0912 e. The van der Waals surface area contributed by atoms with Crippen molar-refractivity contribution in [1.29, 1.82) is 0 Å². The summed E-state index contributed by atoms with van der Waals surface area (Å²) < 4.78 is 1.10.